The maximum Gasteiger partial charge on any atom is 0.214 e. The van der Waals surface area contributed by atoms with E-state index in [1.807, 2.05) is 30.3 Å². The second-order valence-corrected chi connectivity index (χ2v) is 5.37. The van der Waals surface area contributed by atoms with E-state index in [9.17, 15) is 0 Å². The standard InChI is InChI=1S/C12H15N5S/c1-2-4-11(5-3-1)17-12(14-15-16-17)18-9-10-6-7-13-8-10/h1-5,10,13H,6-9H2. The van der Waals surface area contributed by atoms with Gasteiger partial charge in [-0.25, -0.2) is 0 Å². The lowest BCUT2D eigenvalue weighted by molar-refractivity contribution is 0.660. The number of tetrazole rings is 1. The first-order chi connectivity index (χ1) is 8.93. The average molecular weight is 261 g/mol. The third-order valence-electron chi connectivity index (χ3n) is 3.05. The van der Waals surface area contributed by atoms with Crippen LogP contribution in [0.5, 0.6) is 0 Å². The molecular formula is C12H15N5S. The number of thioether (sulfide) groups is 1. The maximum atomic E-state index is 4.10. The maximum absolute atomic E-state index is 4.10. The summed E-state index contributed by atoms with van der Waals surface area (Å²) in [5.74, 6) is 1.80. The molecule has 0 radical (unpaired) electrons. The lowest BCUT2D eigenvalue weighted by atomic mass is 10.2. The van der Waals surface area contributed by atoms with Gasteiger partial charge in [0, 0.05) is 5.75 Å². The number of hydrogen-bond donors (Lipinski definition) is 1. The average Bonchev–Trinajstić information content (AvgIpc) is 3.09. The molecule has 1 N–H and O–H groups in total. The molecule has 1 aromatic heterocycles. The zero-order valence-corrected chi connectivity index (χ0v) is 10.8. The Morgan fingerprint density at radius 2 is 2.22 bits per heavy atom. The number of rotatable bonds is 4. The SMILES string of the molecule is c1ccc(-n2nnnc2SCC2CCNC2)cc1. The number of nitrogens with zero attached hydrogens (tertiary/aromatic N) is 4. The van der Waals surface area contributed by atoms with Gasteiger partial charge in [-0.05, 0) is 48.0 Å². The Morgan fingerprint density at radius 3 is 3.00 bits per heavy atom. The summed E-state index contributed by atoms with van der Waals surface area (Å²) in [6.07, 6.45) is 1.25. The molecule has 0 bridgehead atoms. The largest absolute Gasteiger partial charge is 0.316 e. The van der Waals surface area contributed by atoms with Crippen LogP contribution in [0.3, 0.4) is 0 Å². The van der Waals surface area contributed by atoms with E-state index in [0.29, 0.717) is 0 Å². The highest BCUT2D eigenvalue weighted by Gasteiger charge is 2.17. The molecule has 18 heavy (non-hydrogen) atoms. The molecule has 0 saturated carbocycles. The molecule has 1 unspecified atom stereocenters. The fourth-order valence-corrected chi connectivity index (χ4v) is 3.08. The van der Waals surface area contributed by atoms with Crippen LogP contribution in [0.2, 0.25) is 0 Å². The van der Waals surface area contributed by atoms with Gasteiger partial charge in [0.1, 0.15) is 0 Å². The highest BCUT2D eigenvalue weighted by molar-refractivity contribution is 7.99. The van der Waals surface area contributed by atoms with Crippen molar-refractivity contribution >= 4 is 11.8 Å². The molecule has 2 aromatic rings. The Labute approximate surface area is 110 Å². The van der Waals surface area contributed by atoms with E-state index in [1.54, 1.807) is 16.4 Å². The summed E-state index contributed by atoms with van der Waals surface area (Å²) in [4.78, 5) is 0. The summed E-state index contributed by atoms with van der Waals surface area (Å²) in [6.45, 7) is 2.24. The zero-order chi connectivity index (χ0) is 12.2. The monoisotopic (exact) mass is 261 g/mol. The van der Waals surface area contributed by atoms with Gasteiger partial charge in [-0.1, -0.05) is 30.0 Å². The fourth-order valence-electron chi connectivity index (χ4n) is 2.05. The molecule has 94 valence electrons. The predicted molar refractivity (Wildman–Crippen MR) is 70.9 cm³/mol. The molecule has 1 saturated heterocycles. The lowest BCUT2D eigenvalue weighted by Gasteiger charge is -2.07. The second kappa shape index (κ2) is 5.49. The van der Waals surface area contributed by atoms with Crippen molar-refractivity contribution in [2.45, 2.75) is 11.6 Å². The molecule has 2 heterocycles. The highest BCUT2D eigenvalue weighted by Crippen LogP contribution is 2.22. The predicted octanol–water partition coefficient (Wildman–Crippen LogP) is 1.36. The van der Waals surface area contributed by atoms with Crippen molar-refractivity contribution in [2.75, 3.05) is 18.8 Å². The fraction of sp³-hybridized carbons (Fsp3) is 0.417. The number of aromatic nitrogens is 4. The summed E-state index contributed by atoms with van der Waals surface area (Å²) in [6, 6.07) is 10.00. The van der Waals surface area contributed by atoms with Gasteiger partial charge in [0.15, 0.2) is 0 Å². The topological polar surface area (TPSA) is 55.6 Å². The van der Waals surface area contributed by atoms with Crippen LogP contribution >= 0.6 is 11.8 Å². The summed E-state index contributed by atoms with van der Waals surface area (Å²) in [5, 5.41) is 16.2. The summed E-state index contributed by atoms with van der Waals surface area (Å²) >= 11 is 1.73. The van der Waals surface area contributed by atoms with Gasteiger partial charge >= 0.3 is 0 Å². The van der Waals surface area contributed by atoms with Gasteiger partial charge < -0.3 is 5.32 Å². The molecule has 6 heteroatoms. The molecule has 1 fully saturated rings. The molecule has 0 aliphatic carbocycles. The third-order valence-corrected chi connectivity index (χ3v) is 4.20. The van der Waals surface area contributed by atoms with E-state index >= 15 is 0 Å². The summed E-state index contributed by atoms with van der Waals surface area (Å²) in [7, 11) is 0. The van der Waals surface area contributed by atoms with Crippen LogP contribution in [0.4, 0.5) is 0 Å². The van der Waals surface area contributed by atoms with E-state index in [1.165, 1.54) is 6.42 Å². The van der Waals surface area contributed by atoms with Gasteiger partial charge in [0.2, 0.25) is 5.16 Å². The Morgan fingerprint density at radius 1 is 1.33 bits per heavy atom. The minimum absolute atomic E-state index is 0.732. The van der Waals surface area contributed by atoms with Gasteiger partial charge in [0.05, 0.1) is 5.69 Å². The van der Waals surface area contributed by atoms with Crippen LogP contribution in [0.25, 0.3) is 5.69 Å². The highest BCUT2D eigenvalue weighted by atomic mass is 32.2. The second-order valence-electron chi connectivity index (χ2n) is 4.38. The minimum Gasteiger partial charge on any atom is -0.316 e. The molecule has 1 aliphatic heterocycles. The number of benzene rings is 1. The van der Waals surface area contributed by atoms with Crippen LogP contribution < -0.4 is 5.32 Å². The van der Waals surface area contributed by atoms with Crippen molar-refractivity contribution in [1.82, 2.24) is 25.5 Å². The van der Waals surface area contributed by atoms with Gasteiger partial charge in [-0.3, -0.25) is 0 Å². The normalized spacial score (nSPS) is 19.2. The quantitative estimate of drug-likeness (QED) is 0.842. The van der Waals surface area contributed by atoms with E-state index in [0.717, 1.165) is 35.6 Å². The minimum atomic E-state index is 0.732. The Bertz CT molecular complexity index is 492. The lowest BCUT2D eigenvalue weighted by Crippen LogP contribution is -2.10. The molecule has 0 amide bonds. The molecule has 1 aliphatic rings. The first-order valence-corrected chi connectivity index (χ1v) is 7.09. The first-order valence-electron chi connectivity index (χ1n) is 6.11. The molecule has 0 spiro atoms. The molecule has 1 aromatic carbocycles. The van der Waals surface area contributed by atoms with E-state index in [2.05, 4.69) is 20.8 Å². The van der Waals surface area contributed by atoms with Crippen molar-refractivity contribution in [1.29, 1.82) is 0 Å². The van der Waals surface area contributed by atoms with Crippen LogP contribution in [-0.2, 0) is 0 Å². The number of nitrogens with one attached hydrogen (secondary N) is 1. The number of hydrogen-bond acceptors (Lipinski definition) is 5. The van der Waals surface area contributed by atoms with Crippen molar-refractivity contribution in [2.24, 2.45) is 5.92 Å². The van der Waals surface area contributed by atoms with Gasteiger partial charge in [-0.15, -0.1) is 5.10 Å². The van der Waals surface area contributed by atoms with E-state index in [4.69, 9.17) is 0 Å². The number of para-hydroxylation sites is 1. The van der Waals surface area contributed by atoms with Crippen LogP contribution in [0.15, 0.2) is 35.5 Å². The third kappa shape index (κ3) is 2.54. The zero-order valence-electron chi connectivity index (χ0n) is 9.99. The summed E-state index contributed by atoms with van der Waals surface area (Å²) in [5.41, 5.74) is 1.01. The van der Waals surface area contributed by atoms with Gasteiger partial charge in [0.25, 0.3) is 0 Å². The van der Waals surface area contributed by atoms with Crippen LogP contribution in [-0.4, -0.2) is 39.0 Å². The van der Waals surface area contributed by atoms with Crippen molar-refractivity contribution in [3.05, 3.63) is 30.3 Å². The van der Waals surface area contributed by atoms with E-state index in [-0.39, 0.29) is 0 Å². The van der Waals surface area contributed by atoms with Crippen molar-refractivity contribution in [3.63, 3.8) is 0 Å². The van der Waals surface area contributed by atoms with Crippen LogP contribution in [0.1, 0.15) is 6.42 Å². The summed E-state index contributed by atoms with van der Waals surface area (Å²) < 4.78 is 1.80. The molecular weight excluding hydrogens is 246 g/mol. The Hall–Kier alpha value is -1.40. The van der Waals surface area contributed by atoms with E-state index < -0.39 is 0 Å². The van der Waals surface area contributed by atoms with Gasteiger partial charge in [-0.2, -0.15) is 4.68 Å². The Kier molecular flexibility index (Phi) is 3.56. The molecule has 1 atom stereocenters. The van der Waals surface area contributed by atoms with Crippen molar-refractivity contribution < 1.29 is 0 Å². The smallest absolute Gasteiger partial charge is 0.214 e. The first kappa shape index (κ1) is 11.7. The van der Waals surface area contributed by atoms with Crippen molar-refractivity contribution in [3.8, 4) is 5.69 Å². The molecule has 5 nitrogen and oxygen atoms in total. The molecule has 3 rings (SSSR count). The van der Waals surface area contributed by atoms with Crippen LogP contribution in [0, 0.1) is 5.92 Å². The Balaban J connectivity index is 1.71.